The maximum Gasteiger partial charge on any atom is 0.245 e. The largest absolute Gasteiger partial charge is 0.369 e. The van der Waals surface area contributed by atoms with E-state index in [1.165, 1.54) is 16.8 Å². The molecule has 0 aromatic heterocycles. The van der Waals surface area contributed by atoms with E-state index in [9.17, 15) is 13.2 Å². The van der Waals surface area contributed by atoms with Crippen LogP contribution in [0.5, 0.6) is 0 Å². The van der Waals surface area contributed by atoms with Gasteiger partial charge in [-0.25, -0.2) is 8.42 Å². The van der Waals surface area contributed by atoms with Crippen LogP contribution in [0.15, 0.2) is 39.7 Å². The molecule has 5 rings (SSSR count). The lowest BCUT2D eigenvalue weighted by Crippen LogP contribution is -2.49. The molecule has 2 heterocycles. The minimum Gasteiger partial charge on any atom is -0.369 e. The molecule has 2 aliphatic heterocycles. The number of piperazine rings is 1. The molecule has 3 aliphatic rings. The van der Waals surface area contributed by atoms with E-state index < -0.39 is 10.0 Å². The van der Waals surface area contributed by atoms with Crippen molar-refractivity contribution in [2.45, 2.75) is 38.0 Å². The summed E-state index contributed by atoms with van der Waals surface area (Å²) < 4.78 is 29.8. The van der Waals surface area contributed by atoms with E-state index in [0.717, 1.165) is 22.9 Å². The first-order chi connectivity index (χ1) is 15.3. The van der Waals surface area contributed by atoms with Crippen LogP contribution < -0.4 is 9.80 Å². The number of anilines is 2. The van der Waals surface area contributed by atoms with Gasteiger partial charge in [0.25, 0.3) is 0 Å². The van der Waals surface area contributed by atoms with Crippen molar-refractivity contribution in [3.05, 3.63) is 51.5 Å². The highest BCUT2D eigenvalue weighted by molar-refractivity contribution is 9.10. The monoisotopic (exact) mass is 517 g/mol. The lowest BCUT2D eigenvalue weighted by atomic mass is 10.1. The van der Waals surface area contributed by atoms with Crippen molar-refractivity contribution in [3.8, 4) is 0 Å². The molecule has 1 amide bonds. The van der Waals surface area contributed by atoms with E-state index in [0.29, 0.717) is 44.8 Å². The topological polar surface area (TPSA) is 60.9 Å². The van der Waals surface area contributed by atoms with Crippen molar-refractivity contribution < 1.29 is 13.2 Å². The molecule has 0 atom stereocenters. The van der Waals surface area contributed by atoms with Gasteiger partial charge in [-0.15, -0.1) is 0 Å². The minimum absolute atomic E-state index is 0.0567. The van der Waals surface area contributed by atoms with Gasteiger partial charge in [0.05, 0.1) is 5.69 Å². The Morgan fingerprint density at radius 2 is 1.72 bits per heavy atom. The van der Waals surface area contributed by atoms with Crippen molar-refractivity contribution in [2.75, 3.05) is 42.5 Å². The van der Waals surface area contributed by atoms with Crippen LogP contribution in [0.2, 0.25) is 0 Å². The maximum absolute atomic E-state index is 13.8. The summed E-state index contributed by atoms with van der Waals surface area (Å²) in [6.45, 7) is 6.86. The van der Waals surface area contributed by atoms with E-state index in [1.54, 1.807) is 15.3 Å². The molecule has 1 saturated carbocycles. The first-order valence-corrected chi connectivity index (χ1v) is 13.4. The van der Waals surface area contributed by atoms with Crippen LogP contribution in [-0.2, 0) is 21.2 Å². The molecule has 2 aromatic rings. The number of nitrogens with zero attached hydrogens (tertiary/aromatic N) is 3. The van der Waals surface area contributed by atoms with Crippen LogP contribution in [0, 0.1) is 19.8 Å². The predicted octanol–water partition coefficient (Wildman–Crippen LogP) is 3.88. The van der Waals surface area contributed by atoms with Gasteiger partial charge in [0.2, 0.25) is 15.9 Å². The van der Waals surface area contributed by atoms with Gasteiger partial charge in [-0.2, -0.15) is 4.31 Å². The van der Waals surface area contributed by atoms with Gasteiger partial charge >= 0.3 is 0 Å². The fourth-order valence-electron chi connectivity index (χ4n) is 4.81. The van der Waals surface area contributed by atoms with Crippen LogP contribution in [0.4, 0.5) is 11.4 Å². The third-order valence-electron chi connectivity index (χ3n) is 6.75. The Balaban J connectivity index is 1.42. The smallest absolute Gasteiger partial charge is 0.245 e. The number of carbonyl (C=O) groups excluding carboxylic acids is 1. The average molecular weight is 518 g/mol. The van der Waals surface area contributed by atoms with Gasteiger partial charge in [-0.05, 0) is 68.0 Å². The molecule has 1 aliphatic carbocycles. The molecule has 2 aromatic carbocycles. The van der Waals surface area contributed by atoms with Crippen molar-refractivity contribution in [3.63, 3.8) is 0 Å². The highest BCUT2D eigenvalue weighted by Gasteiger charge is 2.41. The highest BCUT2D eigenvalue weighted by Crippen LogP contribution is 2.42. The quantitative estimate of drug-likeness (QED) is 0.617. The predicted molar refractivity (Wildman–Crippen MR) is 130 cm³/mol. The Morgan fingerprint density at radius 1 is 1.00 bits per heavy atom. The number of hydrogen-bond acceptors (Lipinski definition) is 4. The second-order valence-electron chi connectivity index (χ2n) is 9.11. The normalized spacial score (nSPS) is 19.3. The summed E-state index contributed by atoms with van der Waals surface area (Å²) in [7, 11) is -3.72. The van der Waals surface area contributed by atoms with Gasteiger partial charge < -0.3 is 9.80 Å². The van der Waals surface area contributed by atoms with Gasteiger partial charge in [0.15, 0.2) is 0 Å². The molecular formula is C24H28BrN3O3S. The summed E-state index contributed by atoms with van der Waals surface area (Å²) >= 11 is 3.49. The molecule has 0 N–H and O–H groups in total. The van der Waals surface area contributed by atoms with Crippen molar-refractivity contribution >= 4 is 43.2 Å². The number of sulfonamides is 1. The van der Waals surface area contributed by atoms with E-state index in [4.69, 9.17) is 0 Å². The van der Waals surface area contributed by atoms with Crippen LogP contribution in [0.25, 0.3) is 0 Å². The lowest BCUT2D eigenvalue weighted by Gasteiger charge is -2.36. The van der Waals surface area contributed by atoms with E-state index in [1.807, 2.05) is 6.07 Å². The Labute approximate surface area is 198 Å². The first kappa shape index (κ1) is 21.9. The molecule has 0 spiro atoms. The number of benzene rings is 2. The number of hydrogen-bond donors (Lipinski definition) is 0. The SMILES string of the molecule is Cc1ccc(C)c(N2CCN(S(=O)(=O)c3cc(Br)cc4c3N(C(=O)C3CC3)CC4)CC2)c1. The second kappa shape index (κ2) is 8.15. The molecular weight excluding hydrogens is 490 g/mol. The van der Waals surface area contributed by atoms with Crippen LogP contribution >= 0.6 is 15.9 Å². The first-order valence-electron chi connectivity index (χ1n) is 11.2. The van der Waals surface area contributed by atoms with Gasteiger partial charge in [-0.3, -0.25) is 4.79 Å². The number of carbonyl (C=O) groups is 1. The van der Waals surface area contributed by atoms with Gasteiger partial charge in [-0.1, -0.05) is 28.1 Å². The van der Waals surface area contributed by atoms with Crippen LogP contribution in [-0.4, -0.2) is 51.4 Å². The summed E-state index contributed by atoms with van der Waals surface area (Å²) in [5.74, 6) is 0.128. The third-order valence-corrected chi connectivity index (χ3v) is 9.12. The van der Waals surface area contributed by atoms with Gasteiger partial charge in [0, 0.05) is 48.8 Å². The van der Waals surface area contributed by atoms with E-state index >= 15 is 0 Å². The number of fused-ring (bicyclic) bond motifs is 1. The zero-order chi connectivity index (χ0) is 22.6. The molecule has 0 unspecified atom stereocenters. The van der Waals surface area contributed by atoms with Crippen molar-refractivity contribution in [1.82, 2.24) is 4.31 Å². The summed E-state index contributed by atoms with van der Waals surface area (Å²) in [5.41, 5.74) is 5.10. The number of amides is 1. The Morgan fingerprint density at radius 3 is 2.41 bits per heavy atom. The summed E-state index contributed by atoms with van der Waals surface area (Å²) in [6.07, 6.45) is 2.50. The van der Waals surface area contributed by atoms with Crippen molar-refractivity contribution in [1.29, 1.82) is 0 Å². The van der Waals surface area contributed by atoms with Crippen molar-refractivity contribution in [2.24, 2.45) is 5.92 Å². The molecule has 0 radical (unpaired) electrons. The Kier molecular flexibility index (Phi) is 5.58. The fraction of sp³-hybridized carbons (Fsp3) is 0.458. The molecule has 170 valence electrons. The summed E-state index contributed by atoms with van der Waals surface area (Å²) in [5, 5.41) is 0. The average Bonchev–Trinajstić information content (AvgIpc) is 3.54. The molecule has 6 nitrogen and oxygen atoms in total. The minimum atomic E-state index is -3.72. The number of rotatable bonds is 4. The van der Waals surface area contributed by atoms with E-state index in [2.05, 4.69) is 52.9 Å². The molecule has 0 bridgehead atoms. The summed E-state index contributed by atoms with van der Waals surface area (Å²) in [6, 6.07) is 10.0. The molecule has 2 fully saturated rings. The second-order valence-corrected chi connectivity index (χ2v) is 11.9. The lowest BCUT2D eigenvalue weighted by molar-refractivity contribution is -0.119. The number of aryl methyl sites for hydroxylation is 2. The Hall–Kier alpha value is -1.90. The molecule has 32 heavy (non-hydrogen) atoms. The standard InChI is InChI=1S/C24H28BrN3O3S/c1-16-3-4-17(2)21(13-16)26-9-11-27(12-10-26)32(30,31)22-15-20(25)14-19-7-8-28(23(19)22)24(29)18-5-6-18/h3-4,13-15,18H,5-12H2,1-2H3. The van der Waals surface area contributed by atoms with Crippen LogP contribution in [0.1, 0.15) is 29.5 Å². The molecule has 1 saturated heterocycles. The van der Waals surface area contributed by atoms with Gasteiger partial charge in [0.1, 0.15) is 4.90 Å². The maximum atomic E-state index is 13.8. The zero-order valence-electron chi connectivity index (χ0n) is 18.5. The highest BCUT2D eigenvalue weighted by atomic mass is 79.9. The molecule has 8 heteroatoms. The third kappa shape index (κ3) is 3.86. The van der Waals surface area contributed by atoms with Crippen LogP contribution in [0.3, 0.4) is 0 Å². The Bertz CT molecular complexity index is 1190. The number of halogens is 1. The fourth-order valence-corrected chi connectivity index (χ4v) is 7.15. The summed E-state index contributed by atoms with van der Waals surface area (Å²) in [4.78, 5) is 17.1. The van der Waals surface area contributed by atoms with E-state index in [-0.39, 0.29) is 16.7 Å². The zero-order valence-corrected chi connectivity index (χ0v) is 20.9.